The van der Waals surface area contributed by atoms with Crippen molar-refractivity contribution in [2.45, 2.75) is 136 Å². The normalized spacial score (nSPS) is 41.3. The van der Waals surface area contributed by atoms with Crippen molar-refractivity contribution in [2.24, 2.45) is 34.5 Å². The minimum absolute atomic E-state index is 0.0531. The van der Waals surface area contributed by atoms with Crippen LogP contribution in [0.15, 0.2) is 11.6 Å². The molecule has 0 spiro atoms. The lowest BCUT2D eigenvalue weighted by Crippen LogP contribution is -2.51. The second-order valence-electron chi connectivity index (χ2n) is 13.8. The van der Waals surface area contributed by atoms with Crippen LogP contribution < -0.4 is 0 Å². The molecule has 0 amide bonds. The Morgan fingerprint density at radius 2 is 1.83 bits per heavy atom. The van der Waals surface area contributed by atoms with Crippen LogP contribution in [0, 0.1) is 34.5 Å². The van der Waals surface area contributed by atoms with E-state index in [1.165, 1.54) is 44.1 Å². The van der Waals surface area contributed by atoms with E-state index in [4.69, 9.17) is 9.84 Å². The summed E-state index contributed by atoms with van der Waals surface area (Å²) in [6, 6.07) is 0. The molecular weight excluding hydrogens is 452 g/mol. The predicted molar refractivity (Wildman–Crippen MR) is 141 cm³/mol. The molecule has 0 aromatic heterocycles. The van der Waals surface area contributed by atoms with Crippen molar-refractivity contribution in [3.63, 3.8) is 0 Å². The minimum Gasteiger partial charge on any atom is -0.481 e. The van der Waals surface area contributed by atoms with Crippen LogP contribution in [0.3, 0.4) is 0 Å². The summed E-state index contributed by atoms with van der Waals surface area (Å²) in [5.41, 5.74) is 1.18. The summed E-state index contributed by atoms with van der Waals surface area (Å²) in [6.45, 7) is 11.1. The summed E-state index contributed by atoms with van der Waals surface area (Å²) in [5.74, 6) is 1.72. The first-order valence-corrected chi connectivity index (χ1v) is 14.7. The molecule has 0 heterocycles. The average molecular weight is 503 g/mol. The SMILES string of the molecule is CC[C@@](C)(CCC[C@H]1CC[C@H]2[C@@H]3CC=C4C[C@@](C)(O)CC[C@]4(C)[C@H]3CC[C@]12C)OC(=O)CCC(=O)O. The van der Waals surface area contributed by atoms with Crippen LogP contribution in [0.4, 0.5) is 0 Å². The molecule has 2 N–H and O–H groups in total. The fourth-order valence-electron chi connectivity index (χ4n) is 8.94. The molecule has 4 aliphatic rings. The third-order valence-corrected chi connectivity index (χ3v) is 11.5. The number of carbonyl (C=O) groups is 2. The highest BCUT2D eigenvalue weighted by Crippen LogP contribution is 2.67. The summed E-state index contributed by atoms with van der Waals surface area (Å²) in [6.07, 6.45) is 15.5. The van der Waals surface area contributed by atoms with E-state index in [9.17, 15) is 14.7 Å². The summed E-state index contributed by atoms with van der Waals surface area (Å²) in [5, 5.41) is 19.6. The number of hydrogen-bond acceptors (Lipinski definition) is 4. The number of allylic oxidation sites excluding steroid dienone is 1. The quantitative estimate of drug-likeness (QED) is 0.260. The monoisotopic (exact) mass is 502 g/mol. The molecule has 0 unspecified atom stereocenters. The van der Waals surface area contributed by atoms with Crippen molar-refractivity contribution in [2.75, 3.05) is 0 Å². The van der Waals surface area contributed by atoms with Crippen LogP contribution >= 0.6 is 0 Å². The Morgan fingerprint density at radius 1 is 1.08 bits per heavy atom. The van der Waals surface area contributed by atoms with Gasteiger partial charge in [-0.1, -0.05) is 32.4 Å². The maximum Gasteiger partial charge on any atom is 0.306 e. The number of rotatable bonds is 9. The van der Waals surface area contributed by atoms with E-state index in [2.05, 4.69) is 26.8 Å². The van der Waals surface area contributed by atoms with Gasteiger partial charge in [-0.25, -0.2) is 0 Å². The Bertz CT molecular complexity index is 876. The predicted octanol–water partition coefficient (Wildman–Crippen LogP) is 7.06. The molecule has 3 saturated carbocycles. The molecule has 8 atom stereocenters. The first kappa shape index (κ1) is 27.7. The van der Waals surface area contributed by atoms with E-state index < -0.39 is 23.1 Å². The number of aliphatic carboxylic acids is 1. The van der Waals surface area contributed by atoms with Gasteiger partial charge in [0.2, 0.25) is 0 Å². The number of carbonyl (C=O) groups excluding carboxylic acids is 1. The third kappa shape index (κ3) is 5.28. The van der Waals surface area contributed by atoms with Crippen molar-refractivity contribution in [1.29, 1.82) is 0 Å². The molecule has 3 fully saturated rings. The van der Waals surface area contributed by atoms with Gasteiger partial charge in [0.1, 0.15) is 5.60 Å². The van der Waals surface area contributed by atoms with Crippen LogP contribution in [-0.4, -0.2) is 33.4 Å². The molecule has 5 nitrogen and oxygen atoms in total. The van der Waals surface area contributed by atoms with E-state index in [1.54, 1.807) is 0 Å². The molecule has 0 aromatic rings. The molecule has 4 aliphatic carbocycles. The Morgan fingerprint density at radius 3 is 2.53 bits per heavy atom. The molecular formula is C31H50O5. The molecule has 36 heavy (non-hydrogen) atoms. The number of carboxylic acid groups (broad SMARTS) is 1. The van der Waals surface area contributed by atoms with E-state index in [0.29, 0.717) is 5.41 Å². The lowest BCUT2D eigenvalue weighted by Gasteiger charge is -2.59. The molecule has 0 radical (unpaired) electrons. The van der Waals surface area contributed by atoms with Crippen LogP contribution in [0.1, 0.15) is 125 Å². The number of ether oxygens (including phenoxy) is 1. The van der Waals surface area contributed by atoms with Gasteiger partial charge in [-0.3, -0.25) is 9.59 Å². The van der Waals surface area contributed by atoms with Gasteiger partial charge in [0.15, 0.2) is 0 Å². The maximum absolute atomic E-state index is 12.2. The zero-order valence-corrected chi connectivity index (χ0v) is 23.4. The number of aliphatic hydroxyl groups is 1. The third-order valence-electron chi connectivity index (χ3n) is 11.5. The highest BCUT2D eigenvalue weighted by Gasteiger charge is 2.58. The van der Waals surface area contributed by atoms with E-state index in [-0.39, 0.29) is 18.3 Å². The Kier molecular flexibility index (Phi) is 7.74. The number of fused-ring (bicyclic) bond motifs is 5. The fourth-order valence-corrected chi connectivity index (χ4v) is 8.94. The van der Waals surface area contributed by atoms with E-state index in [1.807, 2.05) is 13.8 Å². The maximum atomic E-state index is 12.2. The highest BCUT2D eigenvalue weighted by atomic mass is 16.6. The molecule has 4 rings (SSSR count). The highest BCUT2D eigenvalue weighted by molar-refractivity contribution is 5.76. The van der Waals surface area contributed by atoms with Crippen molar-refractivity contribution >= 4 is 11.9 Å². The minimum atomic E-state index is -0.960. The molecule has 0 aromatic carbocycles. The molecule has 0 aliphatic heterocycles. The van der Waals surface area contributed by atoms with Crippen LogP contribution in [0.2, 0.25) is 0 Å². The van der Waals surface area contributed by atoms with Crippen molar-refractivity contribution in [1.82, 2.24) is 0 Å². The van der Waals surface area contributed by atoms with E-state index >= 15 is 0 Å². The number of esters is 1. The summed E-state index contributed by atoms with van der Waals surface area (Å²) in [7, 11) is 0. The van der Waals surface area contributed by atoms with Gasteiger partial charge in [0, 0.05) is 0 Å². The molecule has 204 valence electrons. The Labute approximate surface area is 218 Å². The van der Waals surface area contributed by atoms with Crippen molar-refractivity contribution < 1.29 is 24.5 Å². The summed E-state index contributed by atoms with van der Waals surface area (Å²) < 4.78 is 5.75. The lowest BCUT2D eigenvalue weighted by atomic mass is 9.46. The van der Waals surface area contributed by atoms with Gasteiger partial charge >= 0.3 is 11.9 Å². The number of carboxylic acids is 1. The average Bonchev–Trinajstić information content (AvgIpc) is 3.14. The van der Waals surface area contributed by atoms with Gasteiger partial charge < -0.3 is 14.9 Å². The van der Waals surface area contributed by atoms with Gasteiger partial charge in [0.05, 0.1) is 18.4 Å². The smallest absolute Gasteiger partial charge is 0.306 e. The first-order chi connectivity index (χ1) is 16.8. The first-order valence-electron chi connectivity index (χ1n) is 14.7. The standard InChI is InChI=1S/C31H50O5/c1-6-29(3,36-27(34)14-13-26(32)33)16-7-8-21-10-12-24-23-11-9-22-20-28(2,35)18-19-31(22,5)25(23)15-17-30(21,24)4/h9,21,23-25,35H,6-8,10-20H2,1-5H3,(H,32,33)/t21-,23-,24-,25-,28-,29-,30+,31-/m0/s1. The number of hydrogen-bond donors (Lipinski definition) is 2. The topological polar surface area (TPSA) is 83.8 Å². The van der Waals surface area contributed by atoms with Gasteiger partial charge in [0.25, 0.3) is 0 Å². The molecule has 5 heteroatoms. The zero-order chi connectivity index (χ0) is 26.4. The molecule has 0 saturated heterocycles. The molecule has 0 bridgehead atoms. The fraction of sp³-hybridized carbons (Fsp3) is 0.871. The lowest BCUT2D eigenvalue weighted by molar-refractivity contribution is -0.161. The second-order valence-corrected chi connectivity index (χ2v) is 13.8. The van der Waals surface area contributed by atoms with E-state index in [0.717, 1.165) is 62.2 Å². The van der Waals surface area contributed by atoms with Gasteiger partial charge in [-0.2, -0.15) is 0 Å². The Balaban J connectivity index is 1.36. The van der Waals surface area contributed by atoms with Crippen LogP contribution in [-0.2, 0) is 14.3 Å². The van der Waals surface area contributed by atoms with Crippen molar-refractivity contribution in [3.8, 4) is 0 Å². The second kappa shape index (κ2) is 10.1. The van der Waals surface area contributed by atoms with Gasteiger partial charge in [-0.15, -0.1) is 0 Å². The van der Waals surface area contributed by atoms with Crippen molar-refractivity contribution in [3.05, 3.63) is 11.6 Å². The summed E-state index contributed by atoms with van der Waals surface area (Å²) in [4.78, 5) is 23.0. The summed E-state index contributed by atoms with van der Waals surface area (Å²) >= 11 is 0. The largest absolute Gasteiger partial charge is 0.481 e. The zero-order valence-electron chi connectivity index (χ0n) is 23.4. The Hall–Kier alpha value is -1.36. The van der Waals surface area contributed by atoms with Crippen LogP contribution in [0.5, 0.6) is 0 Å². The van der Waals surface area contributed by atoms with Crippen LogP contribution in [0.25, 0.3) is 0 Å². The van der Waals surface area contributed by atoms with Gasteiger partial charge in [-0.05, 0) is 125 Å².